The Labute approximate surface area is 141 Å². The lowest BCUT2D eigenvalue weighted by Gasteiger charge is -2.35. The fraction of sp³-hybridized carbons (Fsp3) is 0.529. The minimum absolute atomic E-state index is 0.0220. The molecule has 2 fully saturated rings. The first-order valence-electron chi connectivity index (χ1n) is 8.26. The van der Waals surface area contributed by atoms with Crippen LogP contribution in [0.5, 0.6) is 11.5 Å². The molecule has 24 heavy (non-hydrogen) atoms. The third-order valence-corrected chi connectivity index (χ3v) is 4.38. The van der Waals surface area contributed by atoms with Gasteiger partial charge in [0.05, 0.1) is 13.7 Å². The first-order chi connectivity index (χ1) is 11.7. The van der Waals surface area contributed by atoms with Gasteiger partial charge in [0, 0.05) is 32.5 Å². The predicted molar refractivity (Wildman–Crippen MR) is 88.0 cm³/mol. The smallest absolute Gasteiger partial charge is 0.246 e. The van der Waals surface area contributed by atoms with Crippen LogP contribution in [0.4, 0.5) is 0 Å². The normalized spacial score (nSPS) is 22.0. The first kappa shape index (κ1) is 16.6. The Morgan fingerprint density at radius 2 is 1.92 bits per heavy atom. The van der Waals surface area contributed by atoms with Gasteiger partial charge < -0.3 is 25.0 Å². The topological polar surface area (TPSA) is 79.9 Å². The summed E-state index contributed by atoms with van der Waals surface area (Å²) in [6.07, 6.45) is 1.58. The minimum atomic E-state index is -0.460. The van der Waals surface area contributed by atoms with Crippen LogP contribution in [-0.4, -0.2) is 62.1 Å². The standard InChI is InChI=1S/C17H23N3O4/c1-23-14-4-2-3-5-15(14)24-12-6-8-20(9-7-12)17(22)13-10-18-11-16(21)19-13/h2-5,12-13,18H,6-11H2,1H3,(H,19,21)/t13-/m1/s1. The lowest BCUT2D eigenvalue weighted by atomic mass is 10.1. The molecule has 2 saturated heterocycles. The molecule has 1 aromatic rings. The van der Waals surface area contributed by atoms with E-state index in [2.05, 4.69) is 10.6 Å². The third-order valence-electron chi connectivity index (χ3n) is 4.38. The maximum absolute atomic E-state index is 12.5. The van der Waals surface area contributed by atoms with Crippen LogP contribution in [0.25, 0.3) is 0 Å². The summed E-state index contributed by atoms with van der Waals surface area (Å²) in [7, 11) is 1.62. The van der Waals surface area contributed by atoms with Crippen LogP contribution in [0.3, 0.4) is 0 Å². The van der Waals surface area contributed by atoms with Crippen LogP contribution in [0.15, 0.2) is 24.3 Å². The summed E-state index contributed by atoms with van der Waals surface area (Å²) >= 11 is 0. The summed E-state index contributed by atoms with van der Waals surface area (Å²) in [5, 5.41) is 5.70. The predicted octanol–water partition coefficient (Wildman–Crippen LogP) is 0.153. The molecule has 0 spiro atoms. The van der Waals surface area contributed by atoms with E-state index in [4.69, 9.17) is 9.47 Å². The van der Waals surface area contributed by atoms with Crippen LogP contribution >= 0.6 is 0 Å². The second-order valence-electron chi connectivity index (χ2n) is 6.04. The molecule has 2 N–H and O–H groups in total. The second-order valence-corrected chi connectivity index (χ2v) is 6.04. The molecule has 130 valence electrons. The number of carbonyl (C=O) groups excluding carboxylic acids is 2. The van der Waals surface area contributed by atoms with Gasteiger partial charge in [-0.05, 0) is 12.1 Å². The second kappa shape index (κ2) is 7.53. The van der Waals surface area contributed by atoms with Crippen molar-refractivity contribution in [2.24, 2.45) is 0 Å². The zero-order valence-corrected chi connectivity index (χ0v) is 13.8. The van der Waals surface area contributed by atoms with E-state index < -0.39 is 6.04 Å². The molecule has 0 aromatic heterocycles. The van der Waals surface area contributed by atoms with Crippen molar-refractivity contribution in [1.82, 2.24) is 15.5 Å². The highest BCUT2D eigenvalue weighted by atomic mass is 16.5. The van der Waals surface area contributed by atoms with Crippen molar-refractivity contribution in [2.75, 3.05) is 33.3 Å². The van der Waals surface area contributed by atoms with Crippen molar-refractivity contribution in [2.45, 2.75) is 25.0 Å². The summed E-state index contributed by atoms with van der Waals surface area (Å²) in [6, 6.07) is 7.11. The highest BCUT2D eigenvalue weighted by Gasteiger charge is 2.31. The van der Waals surface area contributed by atoms with Gasteiger partial charge in [-0.15, -0.1) is 0 Å². The number of methoxy groups -OCH3 is 1. The number of rotatable bonds is 4. The van der Waals surface area contributed by atoms with Gasteiger partial charge in [-0.1, -0.05) is 12.1 Å². The van der Waals surface area contributed by atoms with E-state index in [1.807, 2.05) is 24.3 Å². The van der Waals surface area contributed by atoms with E-state index in [-0.39, 0.29) is 24.5 Å². The molecule has 1 atom stereocenters. The summed E-state index contributed by atoms with van der Waals surface area (Å²) < 4.78 is 11.3. The molecule has 2 heterocycles. The number of piperazine rings is 1. The summed E-state index contributed by atoms with van der Waals surface area (Å²) in [5.41, 5.74) is 0. The molecule has 0 radical (unpaired) electrons. The number of hydrogen-bond acceptors (Lipinski definition) is 5. The Hall–Kier alpha value is -2.28. The number of piperidine rings is 1. The van der Waals surface area contributed by atoms with E-state index in [0.717, 1.165) is 18.6 Å². The van der Waals surface area contributed by atoms with Gasteiger partial charge in [0.15, 0.2) is 11.5 Å². The maximum atomic E-state index is 12.5. The van der Waals surface area contributed by atoms with Gasteiger partial charge in [-0.25, -0.2) is 0 Å². The van der Waals surface area contributed by atoms with Crippen LogP contribution in [0.1, 0.15) is 12.8 Å². The SMILES string of the molecule is COc1ccccc1OC1CCN(C(=O)[C@H]2CNCC(=O)N2)CC1. The number of hydrogen-bond donors (Lipinski definition) is 2. The van der Waals surface area contributed by atoms with E-state index in [0.29, 0.717) is 25.4 Å². The van der Waals surface area contributed by atoms with E-state index >= 15 is 0 Å². The number of amides is 2. The lowest BCUT2D eigenvalue weighted by molar-refractivity contribution is -0.138. The number of benzene rings is 1. The van der Waals surface area contributed by atoms with E-state index in [1.165, 1.54) is 0 Å². The van der Waals surface area contributed by atoms with Crippen LogP contribution in [0, 0.1) is 0 Å². The quantitative estimate of drug-likeness (QED) is 0.820. The Bertz CT molecular complexity index is 599. The molecule has 7 heteroatoms. The molecule has 2 aliphatic heterocycles. The number of carbonyl (C=O) groups is 2. The molecule has 2 amide bonds. The van der Waals surface area contributed by atoms with Gasteiger partial charge in [-0.2, -0.15) is 0 Å². The Morgan fingerprint density at radius 3 is 2.58 bits per heavy atom. The number of ether oxygens (including phenoxy) is 2. The molecular weight excluding hydrogens is 310 g/mol. The van der Waals surface area contributed by atoms with Gasteiger partial charge in [-0.3, -0.25) is 9.59 Å². The Morgan fingerprint density at radius 1 is 1.21 bits per heavy atom. The zero-order chi connectivity index (χ0) is 16.9. The minimum Gasteiger partial charge on any atom is -0.493 e. The van der Waals surface area contributed by atoms with Crippen LogP contribution < -0.4 is 20.1 Å². The Kier molecular flexibility index (Phi) is 5.20. The van der Waals surface area contributed by atoms with Crippen LogP contribution in [0.2, 0.25) is 0 Å². The molecule has 2 aliphatic rings. The molecular formula is C17H23N3O4. The van der Waals surface area contributed by atoms with Crippen molar-refractivity contribution >= 4 is 11.8 Å². The van der Waals surface area contributed by atoms with Crippen molar-refractivity contribution < 1.29 is 19.1 Å². The monoisotopic (exact) mass is 333 g/mol. The van der Waals surface area contributed by atoms with Gasteiger partial charge in [0.1, 0.15) is 12.1 Å². The van der Waals surface area contributed by atoms with E-state index in [9.17, 15) is 9.59 Å². The largest absolute Gasteiger partial charge is 0.493 e. The van der Waals surface area contributed by atoms with Gasteiger partial charge in [0.2, 0.25) is 11.8 Å². The fourth-order valence-corrected chi connectivity index (χ4v) is 3.09. The van der Waals surface area contributed by atoms with Crippen molar-refractivity contribution in [1.29, 1.82) is 0 Å². The van der Waals surface area contributed by atoms with Gasteiger partial charge in [0.25, 0.3) is 0 Å². The van der Waals surface area contributed by atoms with Gasteiger partial charge >= 0.3 is 0 Å². The first-order valence-corrected chi connectivity index (χ1v) is 8.26. The fourth-order valence-electron chi connectivity index (χ4n) is 3.09. The number of nitrogens with zero attached hydrogens (tertiary/aromatic N) is 1. The average Bonchev–Trinajstić information content (AvgIpc) is 2.62. The molecule has 0 bridgehead atoms. The van der Waals surface area contributed by atoms with E-state index in [1.54, 1.807) is 12.0 Å². The number of likely N-dealkylation sites (tertiary alicyclic amines) is 1. The molecule has 0 aliphatic carbocycles. The molecule has 7 nitrogen and oxygen atoms in total. The highest BCUT2D eigenvalue weighted by molar-refractivity contribution is 5.89. The summed E-state index contributed by atoms with van der Waals surface area (Å²) in [4.78, 5) is 25.7. The Balaban J connectivity index is 1.52. The third kappa shape index (κ3) is 3.79. The highest BCUT2D eigenvalue weighted by Crippen LogP contribution is 2.29. The molecule has 0 unspecified atom stereocenters. The lowest BCUT2D eigenvalue weighted by Crippen LogP contribution is -2.60. The molecule has 1 aromatic carbocycles. The number of para-hydroxylation sites is 2. The van der Waals surface area contributed by atoms with Crippen molar-refractivity contribution in [3.8, 4) is 11.5 Å². The van der Waals surface area contributed by atoms with Crippen molar-refractivity contribution in [3.05, 3.63) is 24.3 Å². The van der Waals surface area contributed by atoms with Crippen LogP contribution in [-0.2, 0) is 9.59 Å². The summed E-state index contributed by atoms with van der Waals surface area (Å²) in [6.45, 7) is 2.02. The zero-order valence-electron chi connectivity index (χ0n) is 13.8. The average molecular weight is 333 g/mol. The molecule has 0 saturated carbocycles. The maximum Gasteiger partial charge on any atom is 0.246 e. The molecule has 3 rings (SSSR count). The summed E-state index contributed by atoms with van der Waals surface area (Å²) in [5.74, 6) is 1.29. The van der Waals surface area contributed by atoms with Crippen molar-refractivity contribution in [3.63, 3.8) is 0 Å². The number of nitrogens with one attached hydrogen (secondary N) is 2.